The third-order valence-electron chi connectivity index (χ3n) is 10.3. The van der Waals surface area contributed by atoms with Crippen molar-refractivity contribution in [1.29, 1.82) is 0 Å². The molecule has 0 spiro atoms. The molecule has 0 bridgehead atoms. The van der Waals surface area contributed by atoms with Crippen LogP contribution < -0.4 is 0 Å². The molecule has 0 unspecified atom stereocenters. The molecule has 0 atom stereocenters. The van der Waals surface area contributed by atoms with Crippen LogP contribution in [0.1, 0.15) is 43.2 Å². The summed E-state index contributed by atoms with van der Waals surface area (Å²) in [7, 11) is 0. The summed E-state index contributed by atoms with van der Waals surface area (Å²) in [4.78, 5) is 36.1. The number of carboxylic acids is 2. The average molecular weight is 758 g/mol. The van der Waals surface area contributed by atoms with E-state index in [1.54, 1.807) is 24.5 Å². The van der Waals surface area contributed by atoms with Crippen LogP contribution in [0.15, 0.2) is 176 Å². The molecule has 0 aliphatic rings. The van der Waals surface area contributed by atoms with E-state index in [2.05, 4.69) is 119 Å². The van der Waals surface area contributed by atoms with Gasteiger partial charge in [0, 0.05) is 29.7 Å². The van der Waals surface area contributed by atoms with Gasteiger partial charge >= 0.3 is 11.9 Å². The monoisotopic (exact) mass is 757 g/mol. The first-order chi connectivity index (χ1) is 28.4. The number of hydrogen-bond acceptors (Lipinski definition) is 5. The molecule has 8 rings (SSSR count). The van der Waals surface area contributed by atoms with Gasteiger partial charge in [-0.05, 0) is 105 Å². The SMILES string of the molecule is O=C(O)c1ccc(CCc2cc(CCc3ccc(C(=O)O)nc3)cc(-c3ccccc3-c3cnc(-c4ccccc4)cc3-c3ccc(-c4ccccc4)cc3)c2)cn1. The summed E-state index contributed by atoms with van der Waals surface area (Å²) < 4.78 is 0. The summed E-state index contributed by atoms with van der Waals surface area (Å²) in [6.07, 6.45) is 8.08. The number of aryl methyl sites for hydroxylation is 4. The highest BCUT2D eigenvalue weighted by atomic mass is 16.4. The summed E-state index contributed by atoms with van der Waals surface area (Å²) >= 11 is 0. The molecule has 0 radical (unpaired) electrons. The number of benzene rings is 5. The molecule has 5 aromatic carbocycles. The molecule has 0 aliphatic heterocycles. The van der Waals surface area contributed by atoms with E-state index in [0.717, 1.165) is 90.9 Å². The Bertz CT molecular complexity index is 2620. The Morgan fingerprint density at radius 3 is 1.38 bits per heavy atom. The van der Waals surface area contributed by atoms with Crippen molar-refractivity contribution in [3.05, 3.63) is 210 Å². The van der Waals surface area contributed by atoms with Crippen molar-refractivity contribution in [3.8, 4) is 55.8 Å². The van der Waals surface area contributed by atoms with Crippen LogP contribution >= 0.6 is 0 Å². The Balaban J connectivity index is 1.19. The first kappa shape index (κ1) is 37.4. The first-order valence-electron chi connectivity index (χ1n) is 19.2. The highest BCUT2D eigenvalue weighted by Crippen LogP contribution is 2.40. The van der Waals surface area contributed by atoms with Crippen LogP contribution in [-0.4, -0.2) is 37.1 Å². The van der Waals surface area contributed by atoms with Crippen molar-refractivity contribution >= 4 is 11.9 Å². The van der Waals surface area contributed by atoms with E-state index in [1.807, 2.05) is 42.6 Å². The molecule has 0 saturated carbocycles. The maximum Gasteiger partial charge on any atom is 0.354 e. The first-order valence-corrected chi connectivity index (χ1v) is 19.2. The number of hydrogen-bond donors (Lipinski definition) is 2. The van der Waals surface area contributed by atoms with E-state index in [4.69, 9.17) is 4.98 Å². The number of carbonyl (C=O) groups is 2. The molecular formula is C51H39N3O4. The number of nitrogens with zero attached hydrogens (tertiary/aromatic N) is 3. The molecule has 7 nitrogen and oxygen atoms in total. The molecule has 282 valence electrons. The Hall–Kier alpha value is -7.51. The van der Waals surface area contributed by atoms with Gasteiger partial charge in [-0.3, -0.25) is 4.98 Å². The van der Waals surface area contributed by atoms with Gasteiger partial charge in [0.1, 0.15) is 11.4 Å². The highest BCUT2D eigenvalue weighted by molar-refractivity contribution is 5.93. The second kappa shape index (κ2) is 17.1. The van der Waals surface area contributed by atoms with Crippen molar-refractivity contribution in [3.63, 3.8) is 0 Å². The largest absolute Gasteiger partial charge is 0.477 e. The second-order valence-electron chi connectivity index (χ2n) is 14.2. The number of pyridine rings is 3. The van der Waals surface area contributed by atoms with Gasteiger partial charge < -0.3 is 10.2 Å². The Labute approximate surface area is 337 Å². The van der Waals surface area contributed by atoms with Crippen LogP contribution in [0.4, 0.5) is 0 Å². The van der Waals surface area contributed by atoms with E-state index in [1.165, 1.54) is 0 Å². The van der Waals surface area contributed by atoms with Gasteiger partial charge in [-0.15, -0.1) is 0 Å². The van der Waals surface area contributed by atoms with Gasteiger partial charge in [0.05, 0.1) is 5.69 Å². The summed E-state index contributed by atoms with van der Waals surface area (Å²) in [6.45, 7) is 0. The molecule has 0 fully saturated rings. The summed E-state index contributed by atoms with van der Waals surface area (Å²) in [5.74, 6) is -2.10. The summed E-state index contributed by atoms with van der Waals surface area (Å²) in [5.41, 5.74) is 14.9. The maximum atomic E-state index is 11.4. The molecular weight excluding hydrogens is 719 g/mol. The number of aromatic nitrogens is 3. The Morgan fingerprint density at radius 2 is 0.845 bits per heavy atom. The van der Waals surface area contributed by atoms with Crippen LogP contribution in [0.25, 0.3) is 55.8 Å². The number of rotatable bonds is 13. The molecule has 58 heavy (non-hydrogen) atoms. The molecule has 0 saturated heterocycles. The van der Waals surface area contributed by atoms with Crippen LogP contribution in [-0.2, 0) is 25.7 Å². The average Bonchev–Trinajstić information content (AvgIpc) is 3.28. The number of carboxylic acid groups (broad SMARTS) is 2. The van der Waals surface area contributed by atoms with Gasteiger partial charge in [-0.25, -0.2) is 19.6 Å². The number of aromatic carboxylic acids is 2. The van der Waals surface area contributed by atoms with Crippen LogP contribution in [0.3, 0.4) is 0 Å². The van der Waals surface area contributed by atoms with E-state index in [-0.39, 0.29) is 11.4 Å². The molecule has 7 heteroatoms. The normalized spacial score (nSPS) is 11.0. The van der Waals surface area contributed by atoms with E-state index in [9.17, 15) is 19.8 Å². The minimum absolute atomic E-state index is 0.0216. The van der Waals surface area contributed by atoms with Crippen LogP contribution in [0.2, 0.25) is 0 Å². The third kappa shape index (κ3) is 8.64. The predicted molar refractivity (Wildman–Crippen MR) is 229 cm³/mol. The predicted octanol–water partition coefficient (Wildman–Crippen LogP) is 11.2. The van der Waals surface area contributed by atoms with Crippen LogP contribution in [0.5, 0.6) is 0 Å². The van der Waals surface area contributed by atoms with E-state index in [0.29, 0.717) is 12.8 Å². The minimum Gasteiger partial charge on any atom is -0.477 e. The molecule has 2 N–H and O–H groups in total. The Morgan fingerprint density at radius 1 is 0.362 bits per heavy atom. The lowest BCUT2D eigenvalue weighted by molar-refractivity contribution is 0.0680. The maximum absolute atomic E-state index is 11.4. The lowest BCUT2D eigenvalue weighted by atomic mass is 9.87. The molecule has 8 aromatic rings. The topological polar surface area (TPSA) is 113 Å². The van der Waals surface area contributed by atoms with Crippen molar-refractivity contribution in [2.24, 2.45) is 0 Å². The zero-order chi connectivity index (χ0) is 39.8. The molecule has 0 amide bonds. The van der Waals surface area contributed by atoms with E-state index < -0.39 is 11.9 Å². The van der Waals surface area contributed by atoms with Gasteiger partial charge in [0.2, 0.25) is 0 Å². The Kier molecular flexibility index (Phi) is 11.0. The van der Waals surface area contributed by atoms with Crippen molar-refractivity contribution in [2.75, 3.05) is 0 Å². The molecule has 3 aromatic heterocycles. The zero-order valence-corrected chi connectivity index (χ0v) is 31.6. The smallest absolute Gasteiger partial charge is 0.354 e. The lowest BCUT2D eigenvalue weighted by Crippen LogP contribution is -2.02. The highest BCUT2D eigenvalue weighted by Gasteiger charge is 2.17. The fourth-order valence-electron chi connectivity index (χ4n) is 7.30. The zero-order valence-electron chi connectivity index (χ0n) is 31.6. The third-order valence-corrected chi connectivity index (χ3v) is 10.3. The van der Waals surface area contributed by atoms with Crippen molar-refractivity contribution in [1.82, 2.24) is 15.0 Å². The standard InChI is InChI=1S/C51H39N3O4/c55-50(56)47-25-19-34(31-52-47)15-17-36-27-37(18-16-35-20-26-48(51(57)58)53-32-35)29-42(28-36)43-13-7-8-14-44(43)46-33-54-49(41-11-5-2-6-12-41)30-45(46)40-23-21-39(22-24-40)38-9-3-1-4-10-38/h1-14,19-33H,15-18H2,(H,55,56)(H,57,58). The van der Waals surface area contributed by atoms with Gasteiger partial charge in [0.15, 0.2) is 0 Å². The fraction of sp³-hybridized carbons (Fsp3) is 0.0784. The summed E-state index contributed by atoms with van der Waals surface area (Å²) in [6, 6.07) is 53.4. The van der Waals surface area contributed by atoms with Crippen LogP contribution in [0, 0.1) is 0 Å². The van der Waals surface area contributed by atoms with Gasteiger partial charge in [-0.2, -0.15) is 0 Å². The van der Waals surface area contributed by atoms with E-state index >= 15 is 0 Å². The van der Waals surface area contributed by atoms with Crippen molar-refractivity contribution < 1.29 is 19.8 Å². The molecule has 3 heterocycles. The van der Waals surface area contributed by atoms with Crippen molar-refractivity contribution in [2.45, 2.75) is 25.7 Å². The van der Waals surface area contributed by atoms with Gasteiger partial charge in [0.25, 0.3) is 0 Å². The quantitative estimate of drug-likeness (QED) is 0.120. The second-order valence-corrected chi connectivity index (χ2v) is 14.2. The lowest BCUT2D eigenvalue weighted by Gasteiger charge is -2.18. The fourth-order valence-corrected chi connectivity index (χ4v) is 7.30. The minimum atomic E-state index is -1.05. The summed E-state index contributed by atoms with van der Waals surface area (Å²) in [5, 5.41) is 18.7. The van der Waals surface area contributed by atoms with Gasteiger partial charge in [-0.1, -0.05) is 140 Å². The molecule has 0 aliphatic carbocycles.